The van der Waals surface area contributed by atoms with E-state index in [4.69, 9.17) is 4.74 Å². The van der Waals surface area contributed by atoms with E-state index in [1.165, 1.54) is 16.7 Å². The zero-order valence-corrected chi connectivity index (χ0v) is 23.9. The van der Waals surface area contributed by atoms with E-state index in [1.807, 2.05) is 18.7 Å². The zero-order valence-electron chi connectivity index (χ0n) is 22.2. The summed E-state index contributed by atoms with van der Waals surface area (Å²) in [5.41, 5.74) is -0.675. The van der Waals surface area contributed by atoms with Gasteiger partial charge >= 0.3 is 17.9 Å². The number of aromatic nitrogens is 4. The molecule has 0 saturated carbocycles. The zero-order chi connectivity index (χ0) is 28.0. The fourth-order valence-electron chi connectivity index (χ4n) is 5.83. The van der Waals surface area contributed by atoms with E-state index in [1.54, 1.807) is 30.2 Å². The number of rotatable bonds is 4. The van der Waals surface area contributed by atoms with Crippen molar-refractivity contribution in [1.82, 2.24) is 24.8 Å². The Balaban J connectivity index is 1.59. The van der Waals surface area contributed by atoms with E-state index in [0.717, 1.165) is 22.8 Å². The first-order valence-corrected chi connectivity index (χ1v) is 16.0. The fourth-order valence-corrected chi connectivity index (χ4v) is 9.78. The van der Waals surface area contributed by atoms with Crippen LogP contribution in [0.4, 0.5) is 19.0 Å². The van der Waals surface area contributed by atoms with Gasteiger partial charge in [0.05, 0.1) is 17.6 Å². The average Bonchev–Trinajstić information content (AvgIpc) is 3.08. The van der Waals surface area contributed by atoms with Crippen LogP contribution in [0.25, 0.3) is 10.9 Å². The third kappa shape index (κ3) is 5.42. The maximum absolute atomic E-state index is 14.4. The number of ether oxygens (including phenoxy) is 1. The van der Waals surface area contributed by atoms with E-state index >= 15 is 0 Å². The summed E-state index contributed by atoms with van der Waals surface area (Å²) < 4.78 is 50.9. The van der Waals surface area contributed by atoms with Crippen molar-refractivity contribution in [2.24, 2.45) is 0 Å². The van der Waals surface area contributed by atoms with Crippen LogP contribution in [0, 0.1) is 0 Å². The van der Waals surface area contributed by atoms with E-state index in [9.17, 15) is 18.0 Å². The van der Waals surface area contributed by atoms with Gasteiger partial charge in [-0.3, -0.25) is 4.57 Å². The Hall–Kier alpha value is -2.77. The van der Waals surface area contributed by atoms with Crippen LogP contribution in [0.3, 0.4) is 0 Å². The van der Waals surface area contributed by atoms with Gasteiger partial charge in [0.2, 0.25) is 0 Å². The second-order valence-electron chi connectivity index (χ2n) is 10.5. The van der Waals surface area contributed by atoms with E-state index in [-0.39, 0.29) is 24.6 Å². The summed E-state index contributed by atoms with van der Waals surface area (Å²) in [6.45, 7) is 5.26. The van der Waals surface area contributed by atoms with Crippen molar-refractivity contribution in [3.05, 3.63) is 57.6 Å². The van der Waals surface area contributed by atoms with Gasteiger partial charge in [0.1, 0.15) is 11.9 Å². The number of thioether (sulfide) groups is 1. The molecule has 0 spiro atoms. The molecule has 2 aromatic heterocycles. The second kappa shape index (κ2) is 10.9. The number of anilines is 1. The van der Waals surface area contributed by atoms with E-state index < -0.39 is 34.4 Å². The number of hydrogen-bond donors (Lipinski definition) is 2. The van der Waals surface area contributed by atoms with Gasteiger partial charge in [-0.2, -0.15) is 40.8 Å². The number of thiol groups is 1. The molecule has 1 fully saturated rings. The molecule has 5 heterocycles. The predicted octanol–water partition coefficient (Wildman–Crippen LogP) is 4.23. The summed E-state index contributed by atoms with van der Waals surface area (Å²) in [5, 5.41) is 3.81. The Morgan fingerprint density at radius 2 is 1.88 bits per heavy atom. The molecule has 0 bridgehead atoms. The molecular weight excluding hydrogens is 561 g/mol. The molecule has 3 aliphatic rings. The molecule has 214 valence electrons. The highest BCUT2D eigenvalue weighted by Gasteiger charge is 2.37. The molecule has 3 aliphatic heterocycles. The van der Waals surface area contributed by atoms with Crippen LogP contribution in [0.2, 0.25) is 0 Å². The van der Waals surface area contributed by atoms with Gasteiger partial charge in [-0.15, -0.1) is 0 Å². The molecule has 1 N–H and O–H groups in total. The summed E-state index contributed by atoms with van der Waals surface area (Å²) in [5.74, 6) is 2.50. The molecule has 0 aliphatic carbocycles. The SMILES string of the molecule is C[C@@H]1CN(c2nc(=O)n3c4c(cc(C(F)(F)F)cc24)[SH](C2=CCSCC2)CC(Oc2ncccn2)C3)C[C@H](C)N1. The highest BCUT2D eigenvalue weighted by atomic mass is 32.2. The molecular formula is C27H31F3N6O2S2. The van der Waals surface area contributed by atoms with Crippen molar-refractivity contribution in [3.63, 3.8) is 0 Å². The smallest absolute Gasteiger partial charge is 0.416 e. The number of nitrogens with zero attached hydrogens (tertiary/aromatic N) is 5. The average molecular weight is 593 g/mol. The van der Waals surface area contributed by atoms with Gasteiger partial charge in [0.15, 0.2) is 0 Å². The first-order valence-electron chi connectivity index (χ1n) is 13.3. The van der Waals surface area contributed by atoms with Gasteiger partial charge in [0.25, 0.3) is 0 Å². The van der Waals surface area contributed by atoms with Gasteiger partial charge in [-0.25, -0.2) is 14.8 Å². The number of benzene rings is 1. The molecule has 8 nitrogen and oxygen atoms in total. The lowest BCUT2D eigenvalue weighted by atomic mass is 10.1. The Kier molecular flexibility index (Phi) is 7.47. The number of allylic oxidation sites excluding steroid dienone is 1. The summed E-state index contributed by atoms with van der Waals surface area (Å²) in [7, 11) is -1.23. The number of halogens is 3. The van der Waals surface area contributed by atoms with Crippen molar-refractivity contribution in [1.29, 1.82) is 0 Å². The monoisotopic (exact) mass is 592 g/mol. The number of hydrogen-bond acceptors (Lipinski definition) is 8. The molecule has 40 heavy (non-hydrogen) atoms. The highest BCUT2D eigenvalue weighted by Crippen LogP contribution is 2.53. The fraction of sp³-hybridized carbons (Fsp3) is 0.481. The maximum atomic E-state index is 14.4. The molecule has 4 atom stereocenters. The summed E-state index contributed by atoms with van der Waals surface area (Å²) in [6.07, 6.45) is 1.02. The Morgan fingerprint density at radius 1 is 1.12 bits per heavy atom. The molecule has 1 saturated heterocycles. The number of piperazine rings is 1. The Bertz CT molecular complexity index is 1490. The van der Waals surface area contributed by atoms with Crippen LogP contribution in [0.15, 0.2) is 51.3 Å². The first-order chi connectivity index (χ1) is 19.2. The summed E-state index contributed by atoms with van der Waals surface area (Å²) >= 11 is 1.81. The van der Waals surface area contributed by atoms with Gasteiger partial charge < -0.3 is 15.0 Å². The topological polar surface area (TPSA) is 85.2 Å². The summed E-state index contributed by atoms with van der Waals surface area (Å²) in [4.78, 5) is 30.1. The number of alkyl halides is 3. The molecule has 1 aromatic carbocycles. The lowest BCUT2D eigenvalue weighted by Gasteiger charge is -2.37. The molecule has 13 heteroatoms. The van der Waals surface area contributed by atoms with Crippen LogP contribution >= 0.6 is 22.7 Å². The van der Waals surface area contributed by atoms with Crippen molar-refractivity contribution in [2.75, 3.05) is 35.2 Å². The molecule has 3 aromatic rings. The van der Waals surface area contributed by atoms with Crippen LogP contribution in [0.1, 0.15) is 25.8 Å². The van der Waals surface area contributed by atoms with Crippen LogP contribution in [0.5, 0.6) is 6.01 Å². The van der Waals surface area contributed by atoms with Crippen molar-refractivity contribution in [3.8, 4) is 6.01 Å². The molecule has 0 amide bonds. The largest absolute Gasteiger partial charge is 0.457 e. The minimum atomic E-state index is -4.55. The Morgan fingerprint density at radius 3 is 2.55 bits per heavy atom. The predicted molar refractivity (Wildman–Crippen MR) is 154 cm³/mol. The highest BCUT2D eigenvalue weighted by molar-refractivity contribution is 8.20. The third-order valence-electron chi connectivity index (χ3n) is 7.38. The minimum Gasteiger partial charge on any atom is -0.457 e. The molecule has 6 rings (SSSR count). The lowest BCUT2D eigenvalue weighted by molar-refractivity contribution is -0.137. The van der Waals surface area contributed by atoms with Crippen molar-refractivity contribution < 1.29 is 17.9 Å². The van der Waals surface area contributed by atoms with Crippen molar-refractivity contribution >= 4 is 39.4 Å². The van der Waals surface area contributed by atoms with Gasteiger partial charge in [0, 0.05) is 59.4 Å². The lowest BCUT2D eigenvalue weighted by Crippen LogP contribution is -2.55. The first kappa shape index (κ1) is 27.4. The van der Waals surface area contributed by atoms with Crippen molar-refractivity contribution in [2.45, 2.75) is 56.1 Å². The number of nitrogens with one attached hydrogen (secondary N) is 1. The van der Waals surface area contributed by atoms with Crippen LogP contribution < -0.4 is 20.6 Å². The third-order valence-corrected chi connectivity index (χ3v) is 11.1. The van der Waals surface area contributed by atoms with Gasteiger partial charge in [-0.1, -0.05) is 6.08 Å². The van der Waals surface area contributed by atoms with E-state index in [2.05, 4.69) is 26.3 Å². The van der Waals surface area contributed by atoms with Crippen LogP contribution in [-0.4, -0.2) is 68.1 Å². The second-order valence-corrected chi connectivity index (χ2v) is 13.9. The van der Waals surface area contributed by atoms with E-state index in [0.29, 0.717) is 40.5 Å². The van der Waals surface area contributed by atoms with Crippen LogP contribution in [-0.2, 0) is 12.7 Å². The minimum absolute atomic E-state index is 0.0923. The molecule has 2 unspecified atom stereocenters. The van der Waals surface area contributed by atoms with Gasteiger partial charge in [-0.05, 0) is 49.1 Å². The normalized spacial score (nSPS) is 26.3. The quantitative estimate of drug-likeness (QED) is 0.436. The summed E-state index contributed by atoms with van der Waals surface area (Å²) in [6, 6.07) is 4.48. The standard InChI is InChI=1S/C27H31F3N6O2S2/c1-16-12-35(13-17(2)33-16)24-21-10-18(27(28,29)30)11-22-23(21)36(26(37)34-24)14-19(38-25-31-6-3-7-32-25)15-40(22)20-4-8-39-9-5-20/h3-4,6-7,10-11,16-17,19,33,40H,5,8-9,12-15H2,1-2H3/t16-,17+,19?. The Labute approximate surface area is 236 Å². The maximum Gasteiger partial charge on any atom is 0.416 e. The molecule has 0 radical (unpaired) electrons.